The predicted molar refractivity (Wildman–Crippen MR) is 103 cm³/mol. The van der Waals surface area contributed by atoms with E-state index in [1.807, 2.05) is 0 Å². The summed E-state index contributed by atoms with van der Waals surface area (Å²) in [7, 11) is 0.755. The lowest BCUT2D eigenvalue weighted by Gasteiger charge is -2.30. The molecule has 3 fully saturated rings. The molecule has 0 aromatic carbocycles. The van der Waals surface area contributed by atoms with E-state index < -0.39 is 0 Å². The van der Waals surface area contributed by atoms with E-state index >= 15 is 0 Å². The minimum Gasteiger partial charge on any atom is -0.378 e. The van der Waals surface area contributed by atoms with Gasteiger partial charge in [0, 0.05) is 6.61 Å². The molecule has 1 unspecified atom stereocenters. The highest BCUT2D eigenvalue weighted by molar-refractivity contribution is 7.98. The zero-order valence-electron chi connectivity index (χ0n) is 15.3. The van der Waals surface area contributed by atoms with Crippen LogP contribution >= 0.6 is 0 Å². The molecule has 3 aliphatic rings. The van der Waals surface area contributed by atoms with Gasteiger partial charge in [-0.15, -0.1) is 0 Å². The molecule has 0 aromatic heterocycles. The van der Waals surface area contributed by atoms with Crippen LogP contribution in [-0.4, -0.2) is 29.0 Å². The van der Waals surface area contributed by atoms with Crippen molar-refractivity contribution in [2.75, 3.05) is 12.4 Å². The molecule has 0 aromatic rings. The first kappa shape index (κ1) is 18.1. The Morgan fingerprint density at radius 2 is 1.26 bits per heavy atom. The first-order valence-corrected chi connectivity index (χ1v) is 12.3. The number of hydrogen-bond donors (Lipinski definition) is 0. The van der Waals surface area contributed by atoms with E-state index in [1.54, 1.807) is 31.4 Å². The van der Waals surface area contributed by atoms with Gasteiger partial charge in [0.2, 0.25) is 0 Å². The Labute approximate surface area is 147 Å². The SMILES string of the molecule is C1CCC([S+](CCCCC2CCCCO2)C2CCCCC2)CC1. The molecule has 0 spiro atoms. The average molecular weight is 340 g/mol. The molecule has 134 valence electrons. The van der Waals surface area contributed by atoms with Crippen molar-refractivity contribution < 1.29 is 4.74 Å². The van der Waals surface area contributed by atoms with Gasteiger partial charge < -0.3 is 4.74 Å². The maximum absolute atomic E-state index is 5.92. The highest BCUT2D eigenvalue weighted by Crippen LogP contribution is 2.35. The Morgan fingerprint density at radius 1 is 0.652 bits per heavy atom. The molecule has 2 saturated carbocycles. The molecular weight excluding hydrogens is 300 g/mol. The van der Waals surface area contributed by atoms with Crippen molar-refractivity contribution in [3.8, 4) is 0 Å². The normalized spacial score (nSPS) is 28.3. The monoisotopic (exact) mass is 339 g/mol. The maximum Gasteiger partial charge on any atom is 0.118 e. The Kier molecular flexibility index (Phi) is 8.14. The van der Waals surface area contributed by atoms with Crippen LogP contribution in [0.25, 0.3) is 0 Å². The molecular formula is C21H39OS+. The van der Waals surface area contributed by atoms with E-state index in [1.165, 1.54) is 77.0 Å². The summed E-state index contributed by atoms with van der Waals surface area (Å²) in [6.45, 7) is 1.03. The topological polar surface area (TPSA) is 9.23 Å². The highest BCUT2D eigenvalue weighted by Gasteiger charge is 2.38. The van der Waals surface area contributed by atoms with Crippen LogP contribution in [0.2, 0.25) is 0 Å². The standard InChI is InChI=1S/C21H39OS/c1-3-13-20(14-4-1)23(21-15-5-2-6-16-21)18-10-8-12-19-11-7-9-17-22-19/h19-21H,1-18H2/q+1. The van der Waals surface area contributed by atoms with Gasteiger partial charge in [0.25, 0.3) is 0 Å². The number of rotatable bonds is 7. The smallest absolute Gasteiger partial charge is 0.118 e. The first-order valence-electron chi connectivity index (χ1n) is 10.7. The quantitative estimate of drug-likeness (QED) is 0.408. The molecule has 2 aliphatic carbocycles. The summed E-state index contributed by atoms with van der Waals surface area (Å²) in [5.74, 6) is 1.56. The second kappa shape index (κ2) is 10.3. The van der Waals surface area contributed by atoms with Crippen molar-refractivity contribution in [3.05, 3.63) is 0 Å². The summed E-state index contributed by atoms with van der Waals surface area (Å²) in [4.78, 5) is 0. The van der Waals surface area contributed by atoms with Gasteiger partial charge in [-0.1, -0.05) is 12.8 Å². The summed E-state index contributed by atoms with van der Waals surface area (Å²) < 4.78 is 5.92. The Hall–Kier alpha value is 0.310. The van der Waals surface area contributed by atoms with E-state index in [9.17, 15) is 0 Å². The van der Waals surface area contributed by atoms with Crippen LogP contribution in [0, 0.1) is 0 Å². The molecule has 1 aliphatic heterocycles. The van der Waals surface area contributed by atoms with Crippen LogP contribution in [-0.2, 0) is 15.6 Å². The first-order chi connectivity index (χ1) is 11.4. The summed E-state index contributed by atoms with van der Waals surface area (Å²) in [6, 6.07) is 0. The Morgan fingerprint density at radius 3 is 1.83 bits per heavy atom. The Bertz CT molecular complexity index is 283. The third-order valence-corrected chi connectivity index (χ3v) is 9.81. The number of hydrogen-bond acceptors (Lipinski definition) is 1. The van der Waals surface area contributed by atoms with Gasteiger partial charge in [-0.2, -0.15) is 0 Å². The van der Waals surface area contributed by atoms with Gasteiger partial charge in [-0.3, -0.25) is 0 Å². The lowest BCUT2D eigenvalue weighted by molar-refractivity contribution is 0.0101. The van der Waals surface area contributed by atoms with Crippen LogP contribution in [0.4, 0.5) is 0 Å². The minimum absolute atomic E-state index is 0.606. The molecule has 1 nitrogen and oxygen atoms in total. The molecule has 0 bridgehead atoms. The van der Waals surface area contributed by atoms with E-state index in [4.69, 9.17) is 4.74 Å². The lowest BCUT2D eigenvalue weighted by atomic mass is 10.00. The van der Waals surface area contributed by atoms with Crippen molar-refractivity contribution in [2.45, 2.75) is 119 Å². The maximum atomic E-state index is 5.92. The van der Waals surface area contributed by atoms with Gasteiger partial charge in [-0.05, 0) is 101 Å². The fourth-order valence-corrected chi connectivity index (χ4v) is 8.64. The average Bonchev–Trinajstić information content (AvgIpc) is 2.64. The largest absolute Gasteiger partial charge is 0.378 e. The van der Waals surface area contributed by atoms with Crippen molar-refractivity contribution in [1.29, 1.82) is 0 Å². The molecule has 1 heterocycles. The van der Waals surface area contributed by atoms with E-state index in [0.717, 1.165) is 28.0 Å². The molecule has 23 heavy (non-hydrogen) atoms. The van der Waals surface area contributed by atoms with Crippen LogP contribution in [0.3, 0.4) is 0 Å². The van der Waals surface area contributed by atoms with Gasteiger partial charge >= 0.3 is 0 Å². The van der Waals surface area contributed by atoms with Gasteiger partial charge in [0.1, 0.15) is 16.3 Å². The van der Waals surface area contributed by atoms with Crippen LogP contribution in [0.5, 0.6) is 0 Å². The zero-order valence-corrected chi connectivity index (χ0v) is 16.1. The molecule has 0 N–H and O–H groups in total. The minimum atomic E-state index is 0.606. The predicted octanol–water partition coefficient (Wildman–Crippen LogP) is 6.01. The highest BCUT2D eigenvalue weighted by atomic mass is 32.2. The fourth-order valence-electron chi connectivity index (χ4n) is 5.02. The second-order valence-electron chi connectivity index (χ2n) is 8.18. The third-order valence-electron chi connectivity index (χ3n) is 6.39. The summed E-state index contributed by atoms with van der Waals surface area (Å²) >= 11 is 0. The van der Waals surface area contributed by atoms with Crippen molar-refractivity contribution in [3.63, 3.8) is 0 Å². The Balaban J connectivity index is 1.42. The molecule has 1 atom stereocenters. The molecule has 2 heteroatoms. The second-order valence-corrected chi connectivity index (χ2v) is 10.9. The van der Waals surface area contributed by atoms with Crippen LogP contribution in [0.15, 0.2) is 0 Å². The van der Waals surface area contributed by atoms with Gasteiger partial charge in [0.05, 0.1) is 6.10 Å². The summed E-state index contributed by atoms with van der Waals surface area (Å²) in [6.07, 6.45) is 24.2. The fraction of sp³-hybridized carbons (Fsp3) is 1.00. The van der Waals surface area contributed by atoms with E-state index in [0.29, 0.717) is 6.10 Å². The van der Waals surface area contributed by atoms with Gasteiger partial charge in [-0.25, -0.2) is 0 Å². The lowest BCUT2D eigenvalue weighted by Crippen LogP contribution is -2.37. The summed E-state index contributed by atoms with van der Waals surface area (Å²) in [5.41, 5.74) is 0. The zero-order chi connectivity index (χ0) is 15.7. The van der Waals surface area contributed by atoms with E-state index in [-0.39, 0.29) is 0 Å². The molecule has 0 radical (unpaired) electrons. The van der Waals surface area contributed by atoms with E-state index in [2.05, 4.69) is 0 Å². The molecule has 0 amide bonds. The van der Waals surface area contributed by atoms with Crippen LogP contribution in [0.1, 0.15) is 103 Å². The molecule has 1 saturated heterocycles. The van der Waals surface area contributed by atoms with Crippen LogP contribution < -0.4 is 0 Å². The van der Waals surface area contributed by atoms with Crippen molar-refractivity contribution in [1.82, 2.24) is 0 Å². The van der Waals surface area contributed by atoms with Gasteiger partial charge in [0.15, 0.2) is 0 Å². The third kappa shape index (κ3) is 5.96. The number of ether oxygens (including phenoxy) is 1. The van der Waals surface area contributed by atoms with Crippen molar-refractivity contribution in [2.24, 2.45) is 0 Å². The summed E-state index contributed by atoms with van der Waals surface area (Å²) in [5, 5.41) is 2.22. The number of unbranched alkanes of at least 4 members (excludes halogenated alkanes) is 1. The molecule has 3 rings (SSSR count). The van der Waals surface area contributed by atoms with Crippen molar-refractivity contribution >= 4 is 10.9 Å².